The number of alkyl halides is 3. The van der Waals surface area contributed by atoms with Gasteiger partial charge >= 0.3 is 6.18 Å². The van der Waals surface area contributed by atoms with Gasteiger partial charge < -0.3 is 20.9 Å². The maximum Gasteiger partial charge on any atom is 0.416 e. The fourth-order valence-corrected chi connectivity index (χ4v) is 4.28. The van der Waals surface area contributed by atoms with Crippen molar-refractivity contribution in [3.05, 3.63) is 71.8 Å². The third-order valence-electron chi connectivity index (χ3n) is 6.13. The second-order valence-corrected chi connectivity index (χ2v) is 8.57. The molecule has 0 saturated heterocycles. The number of fused-ring (bicyclic) bond motifs is 1. The number of amides is 1. The highest BCUT2D eigenvalue weighted by Crippen LogP contribution is 2.37. The van der Waals surface area contributed by atoms with E-state index in [1.165, 1.54) is 19.5 Å². The highest BCUT2D eigenvalue weighted by atomic mass is 19.4. The van der Waals surface area contributed by atoms with Crippen molar-refractivity contribution in [3.8, 4) is 17.0 Å². The number of nitrogens with two attached hydrogens (primary N) is 1. The van der Waals surface area contributed by atoms with E-state index in [9.17, 15) is 27.5 Å². The van der Waals surface area contributed by atoms with Crippen molar-refractivity contribution >= 4 is 28.4 Å². The monoisotopic (exact) mass is 528 g/mol. The summed E-state index contributed by atoms with van der Waals surface area (Å²) in [6, 6.07) is 6.07. The zero-order valence-corrected chi connectivity index (χ0v) is 19.7. The molecule has 0 spiro atoms. The number of benzene rings is 2. The van der Waals surface area contributed by atoms with E-state index in [1.807, 2.05) is 6.08 Å². The molecule has 0 bridgehead atoms. The van der Waals surface area contributed by atoms with Crippen LogP contribution in [0.4, 0.5) is 29.1 Å². The third kappa shape index (κ3) is 4.52. The van der Waals surface area contributed by atoms with Crippen LogP contribution in [-0.2, 0) is 6.18 Å². The number of nitrogens with one attached hydrogen (secondary N) is 1. The average Bonchev–Trinajstić information content (AvgIpc) is 3.48. The minimum atomic E-state index is -4.74. The number of nitrogen functional groups attached to an aromatic ring is 1. The molecule has 196 valence electrons. The molecule has 1 amide bonds. The number of anilines is 2. The largest absolute Gasteiger partial charge is 0.495 e. The molecular formula is C25H20F4N6O3. The van der Waals surface area contributed by atoms with Gasteiger partial charge in [-0.25, -0.2) is 19.0 Å². The molecule has 9 nitrogen and oxygen atoms in total. The normalized spacial score (nSPS) is 17.2. The predicted octanol–water partition coefficient (Wildman–Crippen LogP) is 4.36. The van der Waals surface area contributed by atoms with Crippen molar-refractivity contribution < 1.29 is 32.2 Å². The Morgan fingerprint density at radius 1 is 1.18 bits per heavy atom. The van der Waals surface area contributed by atoms with Gasteiger partial charge in [-0.15, -0.1) is 0 Å². The molecule has 0 radical (unpaired) electrons. The van der Waals surface area contributed by atoms with Gasteiger partial charge in [0.15, 0.2) is 5.65 Å². The number of hydrogen-bond donors (Lipinski definition) is 3. The van der Waals surface area contributed by atoms with Gasteiger partial charge in [0.25, 0.3) is 5.91 Å². The number of ether oxygens (including phenoxy) is 1. The van der Waals surface area contributed by atoms with Crippen molar-refractivity contribution in [1.29, 1.82) is 0 Å². The SMILES string of the molecule is COc1cc(-c2nn(C3C=CC(O)C3)c3ncnc(N)c23)ccc1NC(=O)c1ccc(C(F)(F)F)cc1F. The molecule has 4 N–H and O–H groups in total. The zero-order chi connectivity index (χ0) is 27.2. The van der Waals surface area contributed by atoms with E-state index < -0.39 is 35.1 Å². The first-order chi connectivity index (χ1) is 18.1. The number of nitrogens with zero attached hydrogens (tertiary/aromatic N) is 4. The molecule has 13 heteroatoms. The third-order valence-corrected chi connectivity index (χ3v) is 6.13. The van der Waals surface area contributed by atoms with Crippen LogP contribution in [0.5, 0.6) is 5.75 Å². The lowest BCUT2D eigenvalue weighted by Crippen LogP contribution is -2.15. The Morgan fingerprint density at radius 3 is 2.63 bits per heavy atom. The number of carbonyl (C=O) groups excluding carboxylic acids is 1. The molecule has 2 aromatic heterocycles. The number of halogens is 4. The number of aliphatic hydroxyl groups excluding tert-OH is 1. The standard InChI is InChI=1S/C25H20F4N6O3/c1-38-19-8-12(2-7-18(19)33-24(37)16-6-3-13(9-17(16)26)25(27,28)29)21-20-22(30)31-11-32-23(20)35(34-21)14-4-5-15(36)10-14/h2-9,11,14-15,36H,10H2,1H3,(H,33,37)(H2,30,31,32). The summed E-state index contributed by atoms with van der Waals surface area (Å²) in [5.74, 6) is -1.90. The van der Waals surface area contributed by atoms with E-state index in [2.05, 4.69) is 20.4 Å². The number of methoxy groups -OCH3 is 1. The van der Waals surface area contributed by atoms with Crippen LogP contribution in [0.15, 0.2) is 54.9 Å². The summed E-state index contributed by atoms with van der Waals surface area (Å²) in [6.45, 7) is 0. The van der Waals surface area contributed by atoms with Gasteiger partial charge in [-0.1, -0.05) is 18.2 Å². The van der Waals surface area contributed by atoms with Crippen LogP contribution < -0.4 is 15.8 Å². The number of rotatable bonds is 5. The van der Waals surface area contributed by atoms with Gasteiger partial charge in [0.2, 0.25) is 0 Å². The van der Waals surface area contributed by atoms with Crippen molar-refractivity contribution in [2.24, 2.45) is 0 Å². The van der Waals surface area contributed by atoms with Crippen LogP contribution in [0.25, 0.3) is 22.3 Å². The molecule has 0 fully saturated rings. The summed E-state index contributed by atoms with van der Waals surface area (Å²) in [7, 11) is 1.35. The molecule has 2 heterocycles. The minimum Gasteiger partial charge on any atom is -0.495 e. The first kappa shape index (κ1) is 25.1. The van der Waals surface area contributed by atoms with Gasteiger partial charge in [0, 0.05) is 12.0 Å². The van der Waals surface area contributed by atoms with Gasteiger partial charge in [0.05, 0.1) is 41.5 Å². The lowest BCUT2D eigenvalue weighted by molar-refractivity contribution is -0.137. The smallest absolute Gasteiger partial charge is 0.416 e. The van der Waals surface area contributed by atoms with Crippen LogP contribution in [0, 0.1) is 5.82 Å². The molecule has 0 aliphatic heterocycles. The number of allylic oxidation sites excluding steroid dienone is 1. The lowest BCUT2D eigenvalue weighted by atomic mass is 10.1. The van der Waals surface area contributed by atoms with E-state index in [0.29, 0.717) is 34.8 Å². The van der Waals surface area contributed by atoms with Gasteiger partial charge in [-0.3, -0.25) is 4.79 Å². The number of aromatic nitrogens is 4. The number of aliphatic hydroxyl groups is 1. The van der Waals surface area contributed by atoms with E-state index in [0.717, 1.165) is 6.07 Å². The van der Waals surface area contributed by atoms with Crippen molar-refractivity contribution in [2.75, 3.05) is 18.2 Å². The highest BCUT2D eigenvalue weighted by Gasteiger charge is 2.32. The minimum absolute atomic E-state index is 0.148. The molecule has 5 rings (SSSR count). The summed E-state index contributed by atoms with van der Waals surface area (Å²) in [5.41, 5.74) is 5.96. The Hall–Kier alpha value is -4.52. The molecule has 2 atom stereocenters. The second kappa shape index (κ2) is 9.41. The number of carbonyl (C=O) groups is 1. The van der Waals surface area contributed by atoms with Gasteiger partial charge in [-0.05, 0) is 30.3 Å². The van der Waals surface area contributed by atoms with E-state index in [-0.39, 0.29) is 29.4 Å². The molecule has 2 unspecified atom stereocenters. The summed E-state index contributed by atoms with van der Waals surface area (Å²) in [4.78, 5) is 21.0. The first-order valence-electron chi connectivity index (χ1n) is 11.3. The Bertz CT molecular complexity index is 1580. The molecule has 2 aromatic carbocycles. The van der Waals surface area contributed by atoms with Gasteiger partial charge in [-0.2, -0.15) is 18.3 Å². The molecule has 38 heavy (non-hydrogen) atoms. The van der Waals surface area contributed by atoms with Crippen molar-refractivity contribution in [3.63, 3.8) is 0 Å². The average molecular weight is 528 g/mol. The van der Waals surface area contributed by atoms with Crippen LogP contribution in [-0.4, -0.2) is 44.0 Å². The Morgan fingerprint density at radius 2 is 1.97 bits per heavy atom. The van der Waals surface area contributed by atoms with Gasteiger partial charge in [0.1, 0.15) is 29.4 Å². The van der Waals surface area contributed by atoms with Crippen LogP contribution >= 0.6 is 0 Å². The summed E-state index contributed by atoms with van der Waals surface area (Å²) < 4.78 is 59.8. The fraction of sp³-hybridized carbons (Fsp3) is 0.200. The maximum atomic E-state index is 14.3. The van der Waals surface area contributed by atoms with E-state index in [1.54, 1.807) is 22.9 Å². The lowest BCUT2D eigenvalue weighted by Gasteiger charge is -2.13. The van der Waals surface area contributed by atoms with Crippen LogP contribution in [0.2, 0.25) is 0 Å². The molecule has 1 aliphatic carbocycles. The predicted molar refractivity (Wildman–Crippen MR) is 130 cm³/mol. The fourth-order valence-electron chi connectivity index (χ4n) is 4.28. The van der Waals surface area contributed by atoms with Crippen LogP contribution in [0.3, 0.4) is 0 Å². The number of hydrogen-bond acceptors (Lipinski definition) is 7. The topological polar surface area (TPSA) is 128 Å². The van der Waals surface area contributed by atoms with E-state index in [4.69, 9.17) is 10.5 Å². The van der Waals surface area contributed by atoms with E-state index >= 15 is 0 Å². The molecule has 4 aromatic rings. The summed E-state index contributed by atoms with van der Waals surface area (Å²) in [6.07, 6.45) is -0.141. The summed E-state index contributed by atoms with van der Waals surface area (Å²) in [5, 5.41) is 17.5. The Labute approximate surface area is 212 Å². The molecule has 1 aliphatic rings. The maximum absolute atomic E-state index is 14.3. The summed E-state index contributed by atoms with van der Waals surface area (Å²) >= 11 is 0. The highest BCUT2D eigenvalue weighted by molar-refractivity contribution is 6.06. The van der Waals surface area contributed by atoms with Crippen LogP contribution in [0.1, 0.15) is 28.4 Å². The Balaban J connectivity index is 1.49. The Kier molecular flexibility index (Phi) is 6.23. The van der Waals surface area contributed by atoms with Crippen molar-refractivity contribution in [1.82, 2.24) is 19.7 Å². The first-order valence-corrected chi connectivity index (χ1v) is 11.3. The van der Waals surface area contributed by atoms with Crippen molar-refractivity contribution in [2.45, 2.75) is 24.7 Å². The molecular weight excluding hydrogens is 508 g/mol. The zero-order valence-electron chi connectivity index (χ0n) is 19.7. The quantitative estimate of drug-likeness (QED) is 0.259. The second-order valence-electron chi connectivity index (χ2n) is 8.57. The molecule has 0 saturated carbocycles.